The molecule has 1 N–H and O–H groups in total. The number of nitrogens with zero attached hydrogens (tertiary/aromatic N) is 8. The van der Waals surface area contributed by atoms with Crippen molar-refractivity contribution in [2.24, 2.45) is 11.3 Å². The molecular weight excluding hydrogens is 854 g/mol. The van der Waals surface area contributed by atoms with E-state index in [-0.39, 0.29) is 24.2 Å². The fraction of sp³-hybridized carbons (Fsp3) is 0.471. The lowest BCUT2D eigenvalue weighted by Crippen LogP contribution is -2.54. The second-order valence-electron chi connectivity index (χ2n) is 19.8. The third-order valence-electron chi connectivity index (χ3n) is 15.4. The Balaban J connectivity index is 0.649. The summed E-state index contributed by atoms with van der Waals surface area (Å²) in [5, 5.41) is 2.83. The summed E-state index contributed by atoms with van der Waals surface area (Å²) in [6, 6.07) is 20.7. The number of benzene rings is 3. The number of ether oxygens (including phenoxy) is 1. The van der Waals surface area contributed by atoms with Crippen molar-refractivity contribution < 1.29 is 23.9 Å². The van der Waals surface area contributed by atoms with Gasteiger partial charge in [0.15, 0.2) is 5.69 Å². The highest BCUT2D eigenvalue weighted by Crippen LogP contribution is 2.52. The molecular formula is C51H56ClN9O5. The SMILES string of the molecule is [C-]#[N+]c1cc(Cl)cc(C(C)(C)c2ccc(OCc3ccnc(N4CCN(CC5CCN(C6CC7(CCN(c8ccc9c(c8)C(=O)N(C8CCC(=O)NC8=O)C9=O)CC7)C6)C5)CC4)n3)cc2)c1. The molecule has 1 saturated carbocycles. The predicted octanol–water partition coefficient (Wildman–Crippen LogP) is 6.88. The molecule has 6 aliphatic rings. The normalized spacial score (nSPS) is 22.7. The fourth-order valence-electron chi connectivity index (χ4n) is 11.2. The molecule has 3 aromatic carbocycles. The van der Waals surface area contributed by atoms with E-state index in [1.54, 1.807) is 12.1 Å². The van der Waals surface area contributed by atoms with Gasteiger partial charge in [0.25, 0.3) is 11.8 Å². The Morgan fingerprint density at radius 2 is 1.61 bits per heavy atom. The molecule has 1 aromatic heterocycles. The van der Waals surface area contributed by atoms with Gasteiger partial charge in [-0.3, -0.25) is 34.3 Å². The van der Waals surface area contributed by atoms with E-state index < -0.39 is 23.8 Å². The van der Waals surface area contributed by atoms with Gasteiger partial charge in [-0.25, -0.2) is 14.8 Å². The van der Waals surface area contributed by atoms with Crippen LogP contribution in [-0.4, -0.2) is 119 Å². The molecule has 6 heterocycles. The van der Waals surface area contributed by atoms with Crippen molar-refractivity contribution in [3.63, 3.8) is 0 Å². The summed E-state index contributed by atoms with van der Waals surface area (Å²) >= 11 is 6.33. The molecule has 66 heavy (non-hydrogen) atoms. The topological polar surface area (TPSA) is 136 Å². The highest BCUT2D eigenvalue weighted by molar-refractivity contribution is 6.31. The number of nitrogens with one attached hydrogen (secondary N) is 1. The van der Waals surface area contributed by atoms with Crippen molar-refractivity contribution in [1.82, 2.24) is 30.0 Å². The Morgan fingerprint density at radius 1 is 0.848 bits per heavy atom. The van der Waals surface area contributed by atoms with Crippen LogP contribution in [0.3, 0.4) is 0 Å². The molecule has 1 aliphatic carbocycles. The zero-order valence-corrected chi connectivity index (χ0v) is 38.4. The minimum atomic E-state index is -0.956. The Bertz CT molecular complexity index is 2590. The van der Waals surface area contributed by atoms with Crippen molar-refractivity contribution in [3.8, 4) is 5.75 Å². The summed E-state index contributed by atoms with van der Waals surface area (Å²) in [5.41, 5.74) is 5.10. The number of rotatable bonds is 11. The first-order chi connectivity index (χ1) is 31.8. The van der Waals surface area contributed by atoms with Gasteiger partial charge in [0.1, 0.15) is 18.4 Å². The maximum atomic E-state index is 13.4. The lowest BCUT2D eigenvalue weighted by atomic mass is 9.60. The zero-order valence-electron chi connectivity index (χ0n) is 37.7. The van der Waals surface area contributed by atoms with Gasteiger partial charge in [-0.2, -0.15) is 0 Å². The van der Waals surface area contributed by atoms with Crippen LogP contribution in [-0.2, 0) is 21.6 Å². The molecule has 4 saturated heterocycles. The molecule has 0 radical (unpaired) electrons. The zero-order chi connectivity index (χ0) is 45.7. The molecule has 4 amide bonds. The standard InChI is InChI=1S/C51H56ClN9O5/c1-50(2,35-24-36(52)26-38(25-35)53-3)34-4-7-41(8-5-34)66-32-37-12-16-54-49(55-37)59-22-20-57(21-23-59)30-33-13-17-60(31-33)40-28-51(29-40)14-18-58(19-15-51)39-6-9-42-43(27-39)48(65)61(47(42)64)44-10-11-45(62)56-46(44)63/h4-9,12,16,24-27,33,40,44H,10-11,13-15,17-23,28-32H2,1-2H3,(H,56,62,63). The number of amides is 4. The van der Waals surface area contributed by atoms with Crippen molar-refractivity contribution in [2.75, 3.05) is 68.7 Å². The third-order valence-corrected chi connectivity index (χ3v) is 15.6. The van der Waals surface area contributed by atoms with E-state index in [1.807, 2.05) is 48.7 Å². The molecule has 5 fully saturated rings. The van der Waals surface area contributed by atoms with Gasteiger partial charge < -0.3 is 19.4 Å². The van der Waals surface area contributed by atoms with E-state index in [0.29, 0.717) is 45.8 Å². The number of anilines is 2. The maximum Gasteiger partial charge on any atom is 0.262 e. The minimum Gasteiger partial charge on any atom is -0.487 e. The number of fused-ring (bicyclic) bond motifs is 1. The van der Waals surface area contributed by atoms with Gasteiger partial charge in [0.05, 0.1) is 23.4 Å². The van der Waals surface area contributed by atoms with Gasteiger partial charge in [-0.15, -0.1) is 0 Å². The van der Waals surface area contributed by atoms with Crippen LogP contribution in [0.2, 0.25) is 5.02 Å². The molecule has 342 valence electrons. The first kappa shape index (κ1) is 44.0. The number of halogens is 1. The van der Waals surface area contributed by atoms with Crippen LogP contribution in [0.5, 0.6) is 5.75 Å². The highest BCUT2D eigenvalue weighted by Gasteiger charge is 2.49. The molecule has 1 spiro atoms. The van der Waals surface area contributed by atoms with Gasteiger partial charge in [0, 0.05) is 87.1 Å². The van der Waals surface area contributed by atoms with Crippen molar-refractivity contribution in [1.29, 1.82) is 0 Å². The number of carbonyl (C=O) groups excluding carboxylic acids is 4. The third kappa shape index (κ3) is 8.64. The number of likely N-dealkylation sites (tertiary alicyclic amines) is 1. The number of aromatic nitrogens is 2. The van der Waals surface area contributed by atoms with Gasteiger partial charge in [-0.05, 0) is 116 Å². The van der Waals surface area contributed by atoms with Crippen LogP contribution in [0.4, 0.5) is 17.3 Å². The molecule has 14 nitrogen and oxygen atoms in total. The summed E-state index contributed by atoms with van der Waals surface area (Å²) < 4.78 is 6.17. The summed E-state index contributed by atoms with van der Waals surface area (Å²) in [5.74, 6) is 0.303. The molecule has 2 atom stereocenters. The second kappa shape index (κ2) is 17.7. The first-order valence-corrected chi connectivity index (χ1v) is 23.8. The van der Waals surface area contributed by atoms with E-state index in [0.717, 1.165) is 97.8 Å². The van der Waals surface area contributed by atoms with Crippen LogP contribution in [0, 0.1) is 17.9 Å². The summed E-state index contributed by atoms with van der Waals surface area (Å²) in [7, 11) is 0. The Hall–Kier alpha value is -5.88. The molecule has 4 aromatic rings. The average Bonchev–Trinajstić information content (AvgIpc) is 3.88. The van der Waals surface area contributed by atoms with Crippen LogP contribution in [0.25, 0.3) is 4.85 Å². The number of carbonyl (C=O) groups is 4. The summed E-state index contributed by atoms with van der Waals surface area (Å²) in [6.07, 6.45) is 8.05. The van der Waals surface area contributed by atoms with E-state index in [9.17, 15) is 19.2 Å². The van der Waals surface area contributed by atoms with Crippen molar-refractivity contribution in [2.45, 2.75) is 82.9 Å². The van der Waals surface area contributed by atoms with Crippen molar-refractivity contribution >= 4 is 52.6 Å². The lowest BCUT2D eigenvalue weighted by molar-refractivity contribution is -0.136. The molecule has 0 bridgehead atoms. The molecule has 15 heteroatoms. The first-order valence-electron chi connectivity index (χ1n) is 23.4. The number of piperazine rings is 1. The smallest absolute Gasteiger partial charge is 0.262 e. The second-order valence-corrected chi connectivity index (χ2v) is 20.2. The van der Waals surface area contributed by atoms with Crippen LogP contribution >= 0.6 is 11.6 Å². The molecule has 10 rings (SSSR count). The fourth-order valence-corrected chi connectivity index (χ4v) is 11.5. The van der Waals surface area contributed by atoms with E-state index >= 15 is 0 Å². The predicted molar refractivity (Wildman–Crippen MR) is 251 cm³/mol. The quantitative estimate of drug-likeness (QED) is 0.125. The monoisotopic (exact) mass is 909 g/mol. The Morgan fingerprint density at radius 3 is 2.35 bits per heavy atom. The number of piperidine rings is 2. The minimum absolute atomic E-state index is 0.106. The van der Waals surface area contributed by atoms with Crippen LogP contribution < -0.4 is 19.9 Å². The number of hydrogen-bond donors (Lipinski definition) is 1. The summed E-state index contributed by atoms with van der Waals surface area (Å²) in [6.45, 7) is 21.1. The van der Waals surface area contributed by atoms with E-state index in [2.05, 4.69) is 60.7 Å². The van der Waals surface area contributed by atoms with E-state index in [4.69, 9.17) is 27.9 Å². The largest absolute Gasteiger partial charge is 0.487 e. The number of imide groups is 2. The van der Waals surface area contributed by atoms with E-state index in [1.165, 1.54) is 32.4 Å². The molecule has 5 aliphatic heterocycles. The molecule has 2 unspecified atom stereocenters. The Kier molecular flexibility index (Phi) is 11.8. The highest BCUT2D eigenvalue weighted by atomic mass is 35.5. The average molecular weight is 911 g/mol. The van der Waals surface area contributed by atoms with Gasteiger partial charge in [-0.1, -0.05) is 43.6 Å². The van der Waals surface area contributed by atoms with Crippen LogP contribution in [0.1, 0.15) is 96.3 Å². The van der Waals surface area contributed by atoms with Gasteiger partial charge >= 0.3 is 0 Å². The van der Waals surface area contributed by atoms with Crippen molar-refractivity contribution in [3.05, 3.63) is 117 Å². The van der Waals surface area contributed by atoms with Crippen LogP contribution in [0.15, 0.2) is 72.9 Å². The number of hydrogen-bond acceptors (Lipinski definition) is 11. The lowest BCUT2D eigenvalue weighted by Gasteiger charge is -2.55. The maximum absolute atomic E-state index is 13.4. The summed E-state index contributed by atoms with van der Waals surface area (Å²) in [4.78, 5) is 74.9. The van der Waals surface area contributed by atoms with Gasteiger partial charge in [0.2, 0.25) is 17.8 Å². The Labute approximate surface area is 391 Å².